The fraction of sp³-hybridized carbons (Fsp3) is 0.200. The van der Waals surface area contributed by atoms with E-state index in [0.29, 0.717) is 29.6 Å². The number of nitrogen functional groups attached to an aromatic ring is 1. The Morgan fingerprint density at radius 2 is 1.83 bits per heavy atom. The van der Waals surface area contributed by atoms with Crippen LogP contribution in [-0.4, -0.2) is 57.7 Å². The van der Waals surface area contributed by atoms with Crippen LogP contribution in [0.5, 0.6) is 5.88 Å². The van der Waals surface area contributed by atoms with Gasteiger partial charge in [-0.3, -0.25) is 9.36 Å². The highest BCUT2D eigenvalue weighted by atomic mass is 16.5. The number of imidazole rings is 1. The number of methoxy groups -OCH3 is 1. The minimum Gasteiger partial charge on any atom is -0.481 e. The van der Waals surface area contributed by atoms with E-state index in [2.05, 4.69) is 49.0 Å². The maximum absolute atomic E-state index is 10.2. The summed E-state index contributed by atoms with van der Waals surface area (Å²) in [6, 6.07) is 17.5. The third-order valence-corrected chi connectivity index (χ3v) is 6.76. The van der Waals surface area contributed by atoms with Gasteiger partial charge in [0.25, 0.3) is 0 Å². The number of carbonyl (C=O) groups excluding carboxylic acids is 1. The molecule has 1 aliphatic heterocycles. The van der Waals surface area contributed by atoms with Crippen LogP contribution < -0.4 is 26.7 Å². The van der Waals surface area contributed by atoms with Crippen molar-refractivity contribution in [1.29, 1.82) is 0 Å². The van der Waals surface area contributed by atoms with Gasteiger partial charge >= 0.3 is 0 Å². The molecular weight excluding hydrogens is 532 g/mol. The summed E-state index contributed by atoms with van der Waals surface area (Å²) < 4.78 is 6.86. The molecule has 4 aromatic heterocycles. The van der Waals surface area contributed by atoms with Crippen LogP contribution in [-0.2, 0) is 12.8 Å². The number of carbonyl (C=O) groups is 1. The second-order valence-corrected chi connectivity index (χ2v) is 9.25. The summed E-state index contributed by atoms with van der Waals surface area (Å²) in [4.78, 5) is 28.1. The van der Waals surface area contributed by atoms with Crippen molar-refractivity contribution in [3.63, 3.8) is 0 Å². The Kier molecular flexibility index (Phi) is 8.75. The summed E-state index contributed by atoms with van der Waals surface area (Å²) in [5, 5.41) is 5.99. The highest BCUT2D eigenvalue weighted by Crippen LogP contribution is 2.33. The number of nitrogens with zero attached hydrogens (tertiary/aromatic N) is 7. The van der Waals surface area contributed by atoms with Gasteiger partial charge in [0.15, 0.2) is 17.3 Å². The first-order valence-corrected chi connectivity index (χ1v) is 13.5. The van der Waals surface area contributed by atoms with Gasteiger partial charge in [-0.05, 0) is 79.9 Å². The minimum atomic E-state index is 0.446. The second-order valence-electron chi connectivity index (χ2n) is 9.25. The normalized spacial score (nSPS) is 13.2. The summed E-state index contributed by atoms with van der Waals surface area (Å²) in [5.74, 6) is 2.35. The second kappa shape index (κ2) is 13.0. The number of rotatable bonds is 5. The van der Waals surface area contributed by atoms with Crippen molar-refractivity contribution < 1.29 is 9.53 Å². The molecule has 0 atom stereocenters. The number of pyridine rings is 3. The number of anilines is 2. The van der Waals surface area contributed by atoms with Gasteiger partial charge in [-0.15, -0.1) is 0 Å². The SMILES string of the molecule is CN.COc1cc(C=O)ccn1.Nc1ncccc1-c1nc2ccc(N3N=CCN3)nc2n1-c1ccc2c(c1)CCC2. The lowest BCUT2D eigenvalue weighted by molar-refractivity contribution is 0.112. The molecule has 5 heterocycles. The van der Waals surface area contributed by atoms with Gasteiger partial charge in [0.1, 0.15) is 17.6 Å². The summed E-state index contributed by atoms with van der Waals surface area (Å²) in [5.41, 5.74) is 20.6. The van der Waals surface area contributed by atoms with Gasteiger partial charge in [-0.25, -0.2) is 25.4 Å². The molecule has 5 aromatic rings. The third kappa shape index (κ3) is 5.80. The standard InChI is InChI=1S/C22H20N8.C7H7NO2.CH5N/c23-20-17(5-2-10-24-20)21-27-18-8-9-19(30-25-11-12-26-30)28-22(18)29(21)16-7-6-14-3-1-4-15(14)13-16;1-10-7-4-6(5-9)2-3-8-7;1-2/h2,5-11,13,26H,1,3-4,12H2,(H2,23,24);2-5H,1H3;2H2,1H3. The largest absolute Gasteiger partial charge is 0.481 e. The number of hydrogen-bond donors (Lipinski definition) is 3. The van der Waals surface area contributed by atoms with Crippen LogP contribution in [0.25, 0.3) is 28.2 Å². The zero-order valence-electron chi connectivity index (χ0n) is 23.4. The number of fused-ring (bicyclic) bond motifs is 2. The van der Waals surface area contributed by atoms with Gasteiger partial charge in [0, 0.05) is 35.9 Å². The van der Waals surface area contributed by atoms with Crippen LogP contribution in [0, 0.1) is 0 Å². The van der Waals surface area contributed by atoms with E-state index in [1.54, 1.807) is 23.4 Å². The van der Waals surface area contributed by atoms with Crippen molar-refractivity contribution >= 4 is 35.3 Å². The van der Waals surface area contributed by atoms with Crippen molar-refractivity contribution in [2.75, 3.05) is 31.6 Å². The van der Waals surface area contributed by atoms with Crippen LogP contribution >= 0.6 is 0 Å². The van der Waals surface area contributed by atoms with Crippen molar-refractivity contribution in [2.24, 2.45) is 10.8 Å². The molecule has 1 aliphatic carbocycles. The molecule has 12 nitrogen and oxygen atoms in total. The Labute approximate surface area is 243 Å². The van der Waals surface area contributed by atoms with Gasteiger partial charge in [0.05, 0.1) is 19.2 Å². The molecule has 5 N–H and O–H groups in total. The fourth-order valence-corrected chi connectivity index (χ4v) is 4.83. The van der Waals surface area contributed by atoms with Crippen LogP contribution in [0.3, 0.4) is 0 Å². The van der Waals surface area contributed by atoms with E-state index in [1.165, 1.54) is 37.9 Å². The zero-order chi connectivity index (χ0) is 29.5. The Bertz CT molecular complexity index is 1730. The highest BCUT2D eigenvalue weighted by Gasteiger charge is 2.21. The number of aldehydes is 1. The molecule has 0 saturated heterocycles. The number of nitrogens with two attached hydrogens (primary N) is 2. The minimum absolute atomic E-state index is 0.446. The maximum Gasteiger partial charge on any atom is 0.213 e. The molecule has 2 aliphatic rings. The Morgan fingerprint density at radius 1 is 0.976 bits per heavy atom. The number of nitrogens with one attached hydrogen (secondary N) is 1. The molecule has 0 saturated carbocycles. The first-order valence-electron chi connectivity index (χ1n) is 13.5. The highest BCUT2D eigenvalue weighted by molar-refractivity contribution is 5.84. The molecule has 1 aromatic carbocycles. The monoisotopic (exact) mass is 564 g/mol. The number of aromatic nitrogens is 5. The Balaban J connectivity index is 0.000000249. The number of hydrazone groups is 1. The molecule has 0 radical (unpaired) electrons. The lowest BCUT2D eigenvalue weighted by atomic mass is 10.1. The first-order chi connectivity index (χ1) is 20.6. The molecule has 0 bridgehead atoms. The molecule has 0 fully saturated rings. The molecule has 0 spiro atoms. The van der Waals surface area contributed by atoms with Gasteiger partial charge < -0.3 is 16.2 Å². The van der Waals surface area contributed by atoms with E-state index in [1.807, 2.05) is 30.5 Å². The molecule has 42 heavy (non-hydrogen) atoms. The van der Waals surface area contributed by atoms with Crippen LogP contribution in [0.4, 0.5) is 11.6 Å². The smallest absolute Gasteiger partial charge is 0.213 e. The number of ether oxygens (including phenoxy) is 1. The van der Waals surface area contributed by atoms with E-state index in [9.17, 15) is 4.79 Å². The van der Waals surface area contributed by atoms with Crippen LogP contribution in [0.15, 0.2) is 72.1 Å². The summed E-state index contributed by atoms with van der Waals surface area (Å²) >= 11 is 0. The molecule has 214 valence electrons. The van der Waals surface area contributed by atoms with Crippen molar-refractivity contribution in [3.05, 3.63) is 83.7 Å². The van der Waals surface area contributed by atoms with E-state index < -0.39 is 0 Å². The predicted molar refractivity (Wildman–Crippen MR) is 164 cm³/mol. The van der Waals surface area contributed by atoms with Crippen molar-refractivity contribution in [1.82, 2.24) is 29.9 Å². The maximum atomic E-state index is 10.2. The van der Waals surface area contributed by atoms with Crippen molar-refractivity contribution in [2.45, 2.75) is 19.3 Å². The summed E-state index contributed by atoms with van der Waals surface area (Å²) in [6.45, 7) is 0.682. The summed E-state index contributed by atoms with van der Waals surface area (Å²) in [7, 11) is 3.01. The van der Waals surface area contributed by atoms with E-state index in [-0.39, 0.29) is 0 Å². The molecular formula is C30H32N10O2. The third-order valence-electron chi connectivity index (χ3n) is 6.76. The average Bonchev–Trinajstić information content (AvgIpc) is 3.82. The average molecular weight is 565 g/mol. The van der Waals surface area contributed by atoms with Gasteiger partial charge in [-0.1, -0.05) is 6.07 Å². The Hall–Kier alpha value is -5.20. The topological polar surface area (TPSA) is 162 Å². The number of hydrogen-bond acceptors (Lipinski definition) is 11. The van der Waals surface area contributed by atoms with Gasteiger partial charge in [0.2, 0.25) is 5.88 Å². The van der Waals surface area contributed by atoms with Crippen LogP contribution in [0.2, 0.25) is 0 Å². The van der Waals surface area contributed by atoms with E-state index in [0.717, 1.165) is 47.4 Å². The lowest BCUT2D eigenvalue weighted by Gasteiger charge is -2.14. The van der Waals surface area contributed by atoms with Crippen LogP contribution in [0.1, 0.15) is 27.9 Å². The van der Waals surface area contributed by atoms with E-state index in [4.69, 9.17) is 20.4 Å². The first kappa shape index (κ1) is 28.3. The molecule has 0 amide bonds. The van der Waals surface area contributed by atoms with E-state index >= 15 is 0 Å². The van der Waals surface area contributed by atoms with Crippen molar-refractivity contribution in [3.8, 4) is 23.0 Å². The number of hydrazine groups is 1. The Morgan fingerprint density at radius 3 is 2.60 bits per heavy atom. The zero-order valence-corrected chi connectivity index (χ0v) is 23.4. The number of benzene rings is 1. The summed E-state index contributed by atoms with van der Waals surface area (Å²) in [6.07, 6.45) is 9.23. The number of aryl methyl sites for hydroxylation is 2. The van der Waals surface area contributed by atoms with Gasteiger partial charge in [-0.2, -0.15) is 10.2 Å². The molecule has 7 rings (SSSR count). The predicted octanol–water partition coefficient (Wildman–Crippen LogP) is 3.34. The lowest BCUT2D eigenvalue weighted by Crippen LogP contribution is -2.29. The molecule has 0 unspecified atom stereocenters. The fourth-order valence-electron chi connectivity index (χ4n) is 4.83. The quantitative estimate of drug-likeness (QED) is 0.270. The molecule has 12 heteroatoms.